The molecule has 1 unspecified atom stereocenters. The molecule has 0 saturated carbocycles. The number of hydrogen-bond acceptors (Lipinski definition) is 2. The van der Waals surface area contributed by atoms with Crippen LogP contribution in [0.3, 0.4) is 0 Å². The minimum Gasteiger partial charge on any atom is -0.768 e. The van der Waals surface area contributed by atoms with Gasteiger partial charge in [-0.1, -0.05) is 11.6 Å². The molecule has 0 N–H and O–H groups in total. The van der Waals surface area contributed by atoms with Crippen LogP contribution >= 0.6 is 11.6 Å². The van der Waals surface area contributed by atoms with Gasteiger partial charge >= 0.3 is 18.9 Å². The maximum Gasteiger partial charge on any atom is 1.00 e. The van der Waals surface area contributed by atoms with E-state index in [1.807, 2.05) is 0 Å². The van der Waals surface area contributed by atoms with Crippen LogP contribution in [-0.4, -0.2) is 8.76 Å². The summed E-state index contributed by atoms with van der Waals surface area (Å²) in [5, 5.41) is -0.719. The van der Waals surface area contributed by atoms with Crippen LogP contribution in [0.5, 0.6) is 0 Å². The Labute approximate surface area is 92.7 Å². The van der Waals surface area contributed by atoms with E-state index in [0.717, 1.165) is 6.07 Å². The number of rotatable bonds is 1. The molecule has 0 saturated heterocycles. The molecule has 0 fully saturated rings. The molecule has 1 aromatic rings. The summed E-state index contributed by atoms with van der Waals surface area (Å²) in [5.41, 5.74) is 0. The predicted molar refractivity (Wildman–Crippen MR) is 38.6 cm³/mol. The molecule has 1 atom stereocenters. The van der Waals surface area contributed by atoms with E-state index in [1.165, 1.54) is 0 Å². The van der Waals surface area contributed by atoms with Gasteiger partial charge in [0.1, 0.15) is 11.6 Å². The van der Waals surface area contributed by atoms with Crippen molar-refractivity contribution in [2.75, 3.05) is 0 Å². The second-order valence-corrected chi connectivity index (χ2v) is 3.16. The van der Waals surface area contributed by atoms with Crippen molar-refractivity contribution in [1.29, 1.82) is 0 Å². The third-order valence-electron chi connectivity index (χ3n) is 1.17. The molecular formula is C6H2ClF2LiO2S. The molecular weight excluding hydrogens is 217 g/mol. The normalized spacial score (nSPS) is 12.0. The van der Waals surface area contributed by atoms with E-state index in [4.69, 9.17) is 11.6 Å². The molecule has 0 heterocycles. The Morgan fingerprint density at radius 1 is 1.31 bits per heavy atom. The van der Waals surface area contributed by atoms with E-state index in [0.29, 0.717) is 6.07 Å². The van der Waals surface area contributed by atoms with Crippen LogP contribution in [-0.2, 0) is 11.1 Å². The minimum absolute atomic E-state index is 0. The van der Waals surface area contributed by atoms with Crippen molar-refractivity contribution in [3.05, 3.63) is 28.8 Å². The first-order valence-electron chi connectivity index (χ1n) is 2.77. The molecule has 0 aliphatic carbocycles. The predicted octanol–water partition coefficient (Wildman–Crippen LogP) is -1.14. The average Bonchev–Trinajstić information content (AvgIpc) is 1.97. The zero-order valence-electron chi connectivity index (χ0n) is 6.51. The van der Waals surface area contributed by atoms with Crippen LogP contribution in [0.15, 0.2) is 17.0 Å². The van der Waals surface area contributed by atoms with Crippen LogP contribution in [0, 0.1) is 11.6 Å². The van der Waals surface area contributed by atoms with Gasteiger partial charge in [-0.3, -0.25) is 4.21 Å². The molecule has 0 aliphatic heterocycles. The molecule has 0 spiro atoms. The first-order valence-corrected chi connectivity index (χ1v) is 4.22. The van der Waals surface area contributed by atoms with E-state index in [1.54, 1.807) is 0 Å². The van der Waals surface area contributed by atoms with Gasteiger partial charge in [-0.05, 0) is 23.2 Å². The largest absolute Gasteiger partial charge is 1.00 e. The van der Waals surface area contributed by atoms with E-state index in [9.17, 15) is 17.5 Å². The van der Waals surface area contributed by atoms with Crippen molar-refractivity contribution in [2.24, 2.45) is 0 Å². The van der Waals surface area contributed by atoms with Crippen LogP contribution in [0.1, 0.15) is 0 Å². The summed E-state index contributed by atoms with van der Waals surface area (Å²) in [7, 11) is 0. The topological polar surface area (TPSA) is 40.1 Å². The molecule has 7 heteroatoms. The van der Waals surface area contributed by atoms with Crippen LogP contribution in [0.4, 0.5) is 8.78 Å². The van der Waals surface area contributed by atoms with Gasteiger partial charge in [-0.25, -0.2) is 8.78 Å². The fourth-order valence-electron chi connectivity index (χ4n) is 0.661. The third-order valence-corrected chi connectivity index (χ3v) is 2.38. The van der Waals surface area contributed by atoms with E-state index >= 15 is 0 Å². The van der Waals surface area contributed by atoms with Crippen molar-refractivity contribution in [3.63, 3.8) is 0 Å². The molecule has 0 amide bonds. The van der Waals surface area contributed by atoms with Crippen molar-refractivity contribution >= 4 is 22.7 Å². The van der Waals surface area contributed by atoms with Gasteiger partial charge in [0.15, 0.2) is 0 Å². The van der Waals surface area contributed by atoms with Gasteiger partial charge in [0.25, 0.3) is 0 Å². The first kappa shape index (κ1) is 13.1. The average molecular weight is 219 g/mol. The zero-order chi connectivity index (χ0) is 9.30. The number of benzene rings is 1. The van der Waals surface area contributed by atoms with Gasteiger partial charge in [-0.15, -0.1) is 0 Å². The Morgan fingerprint density at radius 2 is 1.77 bits per heavy atom. The fraction of sp³-hybridized carbons (Fsp3) is 0. The SMILES string of the molecule is O=S([O-])c1c(F)ccc(F)c1Cl.[Li+]. The second-order valence-electron chi connectivity index (χ2n) is 1.91. The maximum atomic E-state index is 12.6. The van der Waals surface area contributed by atoms with E-state index in [2.05, 4.69) is 0 Å². The quantitative estimate of drug-likeness (QED) is 0.340. The van der Waals surface area contributed by atoms with Gasteiger partial charge in [0.2, 0.25) is 0 Å². The Bertz CT molecular complexity index is 348. The Morgan fingerprint density at radius 3 is 2.15 bits per heavy atom. The second kappa shape index (κ2) is 5.08. The molecule has 13 heavy (non-hydrogen) atoms. The summed E-state index contributed by atoms with van der Waals surface area (Å²) < 4.78 is 45.8. The molecule has 66 valence electrons. The van der Waals surface area contributed by atoms with Crippen molar-refractivity contribution < 1.29 is 36.4 Å². The fourth-order valence-corrected chi connectivity index (χ4v) is 1.47. The minimum atomic E-state index is -2.86. The van der Waals surface area contributed by atoms with Crippen molar-refractivity contribution in [2.45, 2.75) is 4.90 Å². The third kappa shape index (κ3) is 2.76. The van der Waals surface area contributed by atoms with E-state index in [-0.39, 0.29) is 18.9 Å². The van der Waals surface area contributed by atoms with Gasteiger partial charge < -0.3 is 4.55 Å². The van der Waals surface area contributed by atoms with Gasteiger partial charge in [-0.2, -0.15) is 0 Å². The van der Waals surface area contributed by atoms with Gasteiger partial charge in [0.05, 0.1) is 9.92 Å². The Balaban J connectivity index is 0.00000144. The molecule has 2 nitrogen and oxygen atoms in total. The number of halogens is 3. The van der Waals surface area contributed by atoms with Crippen LogP contribution in [0.25, 0.3) is 0 Å². The van der Waals surface area contributed by atoms with Crippen molar-refractivity contribution in [3.8, 4) is 0 Å². The van der Waals surface area contributed by atoms with E-state index < -0.39 is 32.6 Å². The maximum absolute atomic E-state index is 12.6. The van der Waals surface area contributed by atoms with Crippen LogP contribution in [0.2, 0.25) is 5.02 Å². The monoisotopic (exact) mass is 218 g/mol. The van der Waals surface area contributed by atoms with Crippen molar-refractivity contribution in [1.82, 2.24) is 0 Å². The molecule has 0 aromatic heterocycles. The summed E-state index contributed by atoms with van der Waals surface area (Å²) >= 11 is 2.33. The number of hydrogen-bond donors (Lipinski definition) is 0. The summed E-state index contributed by atoms with van der Waals surface area (Å²) in [6.07, 6.45) is 0. The van der Waals surface area contributed by atoms with Gasteiger partial charge in [0, 0.05) is 0 Å². The Kier molecular flexibility index (Phi) is 5.11. The Hall–Kier alpha value is 0.0774. The summed E-state index contributed by atoms with van der Waals surface area (Å²) in [6, 6.07) is 1.46. The standard InChI is InChI=1S/C6H3ClF2O2S.Li/c7-5-3(8)1-2-4(9)6(5)12(10)11;/h1-2H,(H,10,11);/q;+1/p-1. The molecule has 0 radical (unpaired) electrons. The summed E-state index contributed by atoms with van der Waals surface area (Å²) in [6.45, 7) is 0. The molecule has 0 bridgehead atoms. The zero-order valence-corrected chi connectivity index (χ0v) is 8.09. The molecule has 1 aromatic carbocycles. The first-order chi connectivity index (χ1) is 5.54. The smallest absolute Gasteiger partial charge is 0.768 e. The summed E-state index contributed by atoms with van der Waals surface area (Å²) in [4.78, 5) is -0.836. The van der Waals surface area contributed by atoms with Crippen LogP contribution < -0.4 is 18.9 Å². The molecule has 1 rings (SSSR count). The molecule has 0 aliphatic rings. The summed E-state index contributed by atoms with van der Waals surface area (Å²) in [5.74, 6) is -2.02.